The van der Waals surface area contributed by atoms with Crippen molar-refractivity contribution in [2.75, 3.05) is 13.1 Å². The SMILES string of the molecule is CC(C)(C)OC(=O)N1CCC(c2ncc(F)c3[nH]cc(F)c23)CC1. The number of amides is 1. The van der Waals surface area contributed by atoms with Crippen LogP contribution in [0.5, 0.6) is 0 Å². The van der Waals surface area contributed by atoms with Crippen LogP contribution in [0.15, 0.2) is 12.4 Å². The number of nitrogens with zero attached hydrogens (tertiary/aromatic N) is 2. The van der Waals surface area contributed by atoms with E-state index in [0.717, 1.165) is 12.4 Å². The van der Waals surface area contributed by atoms with Crippen molar-refractivity contribution in [3.63, 3.8) is 0 Å². The zero-order chi connectivity index (χ0) is 17.5. The maximum absolute atomic E-state index is 14.0. The number of aromatic amines is 1. The molecule has 0 radical (unpaired) electrons. The van der Waals surface area contributed by atoms with Gasteiger partial charge < -0.3 is 14.6 Å². The molecule has 5 nitrogen and oxygen atoms in total. The second kappa shape index (κ2) is 6.03. The molecule has 130 valence electrons. The van der Waals surface area contributed by atoms with Crippen LogP contribution in [0.4, 0.5) is 13.6 Å². The average molecular weight is 337 g/mol. The number of halogens is 2. The van der Waals surface area contributed by atoms with E-state index in [1.54, 1.807) is 4.90 Å². The number of fused-ring (bicyclic) bond motifs is 1. The molecule has 1 fully saturated rings. The topological polar surface area (TPSA) is 58.2 Å². The van der Waals surface area contributed by atoms with E-state index in [1.165, 1.54) is 0 Å². The molecule has 0 saturated carbocycles. The van der Waals surface area contributed by atoms with Crippen molar-refractivity contribution in [3.05, 3.63) is 29.7 Å². The lowest BCUT2D eigenvalue weighted by Crippen LogP contribution is -2.41. The van der Waals surface area contributed by atoms with Crippen molar-refractivity contribution in [1.29, 1.82) is 0 Å². The minimum absolute atomic E-state index is 0.0166. The largest absolute Gasteiger partial charge is 0.444 e. The monoisotopic (exact) mass is 337 g/mol. The third-order valence-electron chi connectivity index (χ3n) is 4.18. The number of carbonyl (C=O) groups excluding carboxylic acids is 1. The van der Waals surface area contributed by atoms with Crippen LogP contribution in [-0.2, 0) is 4.74 Å². The minimum atomic E-state index is -0.566. The van der Waals surface area contributed by atoms with Gasteiger partial charge in [-0.2, -0.15) is 0 Å². The van der Waals surface area contributed by atoms with E-state index < -0.39 is 17.2 Å². The summed E-state index contributed by atoms with van der Waals surface area (Å²) < 4.78 is 33.1. The molecule has 0 aliphatic carbocycles. The summed E-state index contributed by atoms with van der Waals surface area (Å²) >= 11 is 0. The number of H-pyrrole nitrogens is 1. The zero-order valence-electron chi connectivity index (χ0n) is 14.0. The van der Waals surface area contributed by atoms with E-state index in [-0.39, 0.29) is 22.9 Å². The molecule has 0 aromatic carbocycles. The van der Waals surface area contributed by atoms with Gasteiger partial charge in [0, 0.05) is 25.2 Å². The standard InChI is InChI=1S/C17H21F2N3O2/c1-17(2,3)24-16(23)22-6-4-10(5-7-22)14-13-11(18)8-21-15(13)12(19)9-20-14/h8-10,21H,4-7H2,1-3H3. The van der Waals surface area contributed by atoms with Crippen LogP contribution in [0.1, 0.15) is 45.2 Å². The van der Waals surface area contributed by atoms with E-state index in [2.05, 4.69) is 9.97 Å². The Kier molecular flexibility index (Phi) is 4.19. The first kappa shape index (κ1) is 16.7. The van der Waals surface area contributed by atoms with Crippen LogP contribution in [0, 0.1) is 11.6 Å². The second-order valence-electron chi connectivity index (χ2n) is 7.12. The zero-order valence-corrected chi connectivity index (χ0v) is 14.0. The summed E-state index contributed by atoms with van der Waals surface area (Å²) in [6.07, 6.45) is 3.20. The van der Waals surface area contributed by atoms with Crippen LogP contribution >= 0.6 is 0 Å². The molecule has 2 aromatic rings. The van der Waals surface area contributed by atoms with Crippen molar-refractivity contribution in [3.8, 4) is 0 Å². The van der Waals surface area contributed by atoms with Crippen molar-refractivity contribution in [2.24, 2.45) is 0 Å². The summed E-state index contributed by atoms with van der Waals surface area (Å²) in [5.41, 5.74) is 0.161. The maximum atomic E-state index is 14.0. The van der Waals surface area contributed by atoms with Gasteiger partial charge in [-0.15, -0.1) is 0 Å². The molecule has 1 saturated heterocycles. The van der Waals surface area contributed by atoms with E-state index in [9.17, 15) is 13.6 Å². The number of piperidine rings is 1. The summed E-state index contributed by atoms with van der Waals surface area (Å²) in [7, 11) is 0. The number of hydrogen-bond acceptors (Lipinski definition) is 3. The van der Waals surface area contributed by atoms with Gasteiger partial charge in [-0.3, -0.25) is 4.98 Å². The molecular weight excluding hydrogens is 316 g/mol. The fourth-order valence-corrected chi connectivity index (χ4v) is 3.06. The molecule has 0 spiro atoms. The van der Waals surface area contributed by atoms with Gasteiger partial charge >= 0.3 is 6.09 Å². The number of nitrogens with one attached hydrogen (secondary N) is 1. The Morgan fingerprint density at radius 3 is 2.58 bits per heavy atom. The van der Waals surface area contributed by atoms with Gasteiger partial charge in [0.25, 0.3) is 0 Å². The Morgan fingerprint density at radius 1 is 1.29 bits per heavy atom. The van der Waals surface area contributed by atoms with Crippen LogP contribution < -0.4 is 0 Å². The van der Waals surface area contributed by atoms with Gasteiger partial charge in [0.2, 0.25) is 0 Å². The fraction of sp³-hybridized carbons (Fsp3) is 0.529. The first-order chi connectivity index (χ1) is 11.3. The Bertz CT molecular complexity index is 759. The quantitative estimate of drug-likeness (QED) is 0.857. The Morgan fingerprint density at radius 2 is 1.96 bits per heavy atom. The van der Waals surface area contributed by atoms with Crippen LogP contribution in [0.2, 0.25) is 0 Å². The van der Waals surface area contributed by atoms with Crippen molar-refractivity contribution in [1.82, 2.24) is 14.9 Å². The minimum Gasteiger partial charge on any atom is -0.444 e. The average Bonchev–Trinajstić information content (AvgIpc) is 2.90. The summed E-state index contributed by atoms with van der Waals surface area (Å²) in [5.74, 6) is -1.08. The van der Waals surface area contributed by atoms with Gasteiger partial charge in [-0.05, 0) is 33.6 Å². The molecule has 1 N–H and O–H groups in total. The summed E-state index contributed by atoms with van der Waals surface area (Å²) in [5, 5.41) is 0.214. The molecule has 1 aliphatic heterocycles. The van der Waals surface area contributed by atoms with E-state index in [1.807, 2.05) is 20.8 Å². The van der Waals surface area contributed by atoms with E-state index >= 15 is 0 Å². The third-order valence-corrected chi connectivity index (χ3v) is 4.18. The number of carbonyl (C=O) groups is 1. The molecule has 3 heterocycles. The van der Waals surface area contributed by atoms with Crippen LogP contribution in [0.3, 0.4) is 0 Å². The van der Waals surface area contributed by atoms with Gasteiger partial charge in [-0.25, -0.2) is 13.6 Å². The Balaban J connectivity index is 1.75. The number of hydrogen-bond donors (Lipinski definition) is 1. The molecule has 24 heavy (non-hydrogen) atoms. The number of pyridine rings is 1. The smallest absolute Gasteiger partial charge is 0.410 e. The molecule has 0 atom stereocenters. The highest BCUT2D eigenvalue weighted by molar-refractivity contribution is 5.83. The van der Waals surface area contributed by atoms with Crippen molar-refractivity contribution >= 4 is 17.0 Å². The molecule has 2 aromatic heterocycles. The molecule has 1 amide bonds. The molecule has 7 heteroatoms. The lowest BCUT2D eigenvalue weighted by atomic mass is 9.91. The van der Waals surface area contributed by atoms with Crippen molar-refractivity contribution in [2.45, 2.75) is 45.1 Å². The predicted molar refractivity (Wildman–Crippen MR) is 85.8 cm³/mol. The second-order valence-corrected chi connectivity index (χ2v) is 7.12. The number of likely N-dealkylation sites (tertiary alicyclic amines) is 1. The Labute approximate surface area is 139 Å². The van der Waals surface area contributed by atoms with Crippen molar-refractivity contribution < 1.29 is 18.3 Å². The van der Waals surface area contributed by atoms with E-state index in [4.69, 9.17) is 4.74 Å². The fourth-order valence-electron chi connectivity index (χ4n) is 3.06. The van der Waals surface area contributed by atoms with Gasteiger partial charge in [-0.1, -0.05) is 0 Å². The highest BCUT2D eigenvalue weighted by Crippen LogP contribution is 2.33. The lowest BCUT2D eigenvalue weighted by Gasteiger charge is -2.33. The molecule has 0 bridgehead atoms. The summed E-state index contributed by atoms with van der Waals surface area (Å²) in [4.78, 5) is 20.5. The molecular formula is C17H21F2N3O2. The van der Waals surface area contributed by atoms with E-state index in [0.29, 0.717) is 31.6 Å². The maximum Gasteiger partial charge on any atom is 0.410 e. The van der Waals surface area contributed by atoms with Crippen LogP contribution in [-0.4, -0.2) is 39.7 Å². The highest BCUT2D eigenvalue weighted by atomic mass is 19.1. The Hall–Kier alpha value is -2.18. The first-order valence-electron chi connectivity index (χ1n) is 8.05. The van der Waals surface area contributed by atoms with Gasteiger partial charge in [0.1, 0.15) is 11.4 Å². The van der Waals surface area contributed by atoms with Gasteiger partial charge in [0.05, 0.1) is 22.8 Å². The number of ether oxygens (including phenoxy) is 1. The molecule has 0 unspecified atom stereocenters. The summed E-state index contributed by atoms with van der Waals surface area (Å²) in [6.45, 7) is 6.49. The molecule has 3 rings (SSSR count). The third kappa shape index (κ3) is 3.20. The number of aromatic nitrogens is 2. The lowest BCUT2D eigenvalue weighted by molar-refractivity contribution is 0.0204. The molecule has 1 aliphatic rings. The highest BCUT2D eigenvalue weighted by Gasteiger charge is 2.29. The normalized spacial score (nSPS) is 16.6. The summed E-state index contributed by atoms with van der Waals surface area (Å²) in [6, 6.07) is 0. The predicted octanol–water partition coefficient (Wildman–Crippen LogP) is 3.96. The number of rotatable bonds is 1. The van der Waals surface area contributed by atoms with Crippen LogP contribution in [0.25, 0.3) is 10.9 Å². The van der Waals surface area contributed by atoms with Gasteiger partial charge in [0.15, 0.2) is 5.82 Å². The first-order valence-corrected chi connectivity index (χ1v) is 8.05.